The van der Waals surface area contributed by atoms with Gasteiger partial charge in [0, 0.05) is 34.1 Å². The van der Waals surface area contributed by atoms with Crippen LogP contribution in [0.1, 0.15) is 18.1 Å². The van der Waals surface area contributed by atoms with Crippen molar-refractivity contribution in [3.63, 3.8) is 0 Å². The van der Waals surface area contributed by atoms with E-state index in [2.05, 4.69) is 15.6 Å². The number of aromatic hydroxyl groups is 1. The molecule has 7 nitrogen and oxygen atoms in total. The molecule has 2 heterocycles. The van der Waals surface area contributed by atoms with Crippen molar-refractivity contribution in [2.75, 3.05) is 10.6 Å². The number of anilines is 2. The summed E-state index contributed by atoms with van der Waals surface area (Å²) < 4.78 is 0. The third-order valence-electron chi connectivity index (χ3n) is 4.57. The maximum absolute atomic E-state index is 12.5. The Bertz CT molecular complexity index is 1150. The summed E-state index contributed by atoms with van der Waals surface area (Å²) in [5, 5.41) is 16.3. The van der Waals surface area contributed by atoms with Crippen LogP contribution in [-0.4, -0.2) is 27.9 Å². The summed E-state index contributed by atoms with van der Waals surface area (Å²) in [5.74, 6) is -0.468. The van der Waals surface area contributed by atoms with E-state index < -0.39 is 6.04 Å². The number of nitrogens with two attached hydrogens (primary N) is 1. The number of benzene rings is 2. The van der Waals surface area contributed by atoms with Crippen molar-refractivity contribution in [1.82, 2.24) is 4.98 Å². The lowest BCUT2D eigenvalue weighted by Crippen LogP contribution is -2.32. The van der Waals surface area contributed by atoms with Gasteiger partial charge in [0.25, 0.3) is 5.91 Å². The van der Waals surface area contributed by atoms with Crippen LogP contribution >= 0.6 is 0 Å². The van der Waals surface area contributed by atoms with Crippen LogP contribution in [0.3, 0.4) is 0 Å². The molecule has 0 spiro atoms. The number of rotatable bonds is 3. The van der Waals surface area contributed by atoms with E-state index in [9.17, 15) is 14.7 Å². The summed E-state index contributed by atoms with van der Waals surface area (Å²) in [6, 6.07) is 11.4. The first-order chi connectivity index (χ1) is 13.4. The molecular weight excluding hydrogens is 356 g/mol. The maximum Gasteiger partial charge on any atom is 0.256 e. The highest BCUT2D eigenvalue weighted by Crippen LogP contribution is 2.36. The quantitative estimate of drug-likeness (QED) is 0.526. The largest absolute Gasteiger partial charge is 0.506 e. The highest BCUT2D eigenvalue weighted by atomic mass is 16.3. The monoisotopic (exact) mass is 374 g/mol. The van der Waals surface area contributed by atoms with Gasteiger partial charge in [-0.25, -0.2) is 0 Å². The summed E-state index contributed by atoms with van der Waals surface area (Å²) in [4.78, 5) is 28.6. The number of hydrogen-bond donors (Lipinski definition) is 4. The number of phenols is 1. The Morgan fingerprint density at radius 1 is 1.29 bits per heavy atom. The van der Waals surface area contributed by atoms with E-state index in [4.69, 9.17) is 5.73 Å². The molecule has 1 atom stereocenters. The molecule has 1 aliphatic heterocycles. The summed E-state index contributed by atoms with van der Waals surface area (Å²) in [7, 11) is 0. The summed E-state index contributed by atoms with van der Waals surface area (Å²) >= 11 is 0. The van der Waals surface area contributed by atoms with Crippen molar-refractivity contribution in [1.29, 1.82) is 0 Å². The lowest BCUT2D eigenvalue weighted by molar-refractivity contribution is -0.117. The number of carbonyl (C=O) groups excluding carboxylic acids is 2. The van der Waals surface area contributed by atoms with E-state index in [1.807, 2.05) is 6.07 Å². The Kier molecular flexibility index (Phi) is 4.29. The fraction of sp³-hybridized carbons (Fsp3) is 0.0952. The van der Waals surface area contributed by atoms with Crippen molar-refractivity contribution in [2.45, 2.75) is 13.0 Å². The fourth-order valence-electron chi connectivity index (χ4n) is 3.13. The minimum absolute atomic E-state index is 0.0786. The van der Waals surface area contributed by atoms with Crippen LogP contribution in [0, 0.1) is 0 Å². The number of amides is 2. The van der Waals surface area contributed by atoms with Crippen LogP contribution in [-0.2, 0) is 9.59 Å². The van der Waals surface area contributed by atoms with Crippen LogP contribution in [0.4, 0.5) is 11.4 Å². The summed E-state index contributed by atoms with van der Waals surface area (Å²) in [5.41, 5.74) is 9.18. The van der Waals surface area contributed by atoms with E-state index in [-0.39, 0.29) is 17.6 Å². The molecule has 0 unspecified atom stereocenters. The van der Waals surface area contributed by atoms with Crippen LogP contribution in [0.5, 0.6) is 5.75 Å². The molecule has 3 aromatic rings. The van der Waals surface area contributed by atoms with Gasteiger partial charge in [0.2, 0.25) is 5.91 Å². The number of fused-ring (bicyclic) bond motifs is 2. The van der Waals surface area contributed by atoms with E-state index in [0.29, 0.717) is 28.0 Å². The Labute approximate surface area is 160 Å². The molecule has 4 rings (SSSR count). The van der Waals surface area contributed by atoms with Crippen LogP contribution in [0.25, 0.3) is 22.6 Å². The zero-order valence-electron chi connectivity index (χ0n) is 15.1. The highest BCUT2D eigenvalue weighted by molar-refractivity contribution is 6.35. The van der Waals surface area contributed by atoms with Gasteiger partial charge in [-0.1, -0.05) is 12.1 Å². The molecule has 0 saturated carbocycles. The molecule has 2 amide bonds. The minimum Gasteiger partial charge on any atom is -0.506 e. The average molecular weight is 374 g/mol. The predicted octanol–water partition coefficient (Wildman–Crippen LogP) is 2.72. The van der Waals surface area contributed by atoms with Gasteiger partial charge < -0.3 is 21.5 Å². The molecule has 1 aromatic heterocycles. The highest BCUT2D eigenvalue weighted by Gasteiger charge is 2.25. The zero-order valence-corrected chi connectivity index (χ0v) is 15.1. The molecule has 0 aliphatic carbocycles. The van der Waals surface area contributed by atoms with Gasteiger partial charge in [-0.3, -0.25) is 14.6 Å². The van der Waals surface area contributed by atoms with Gasteiger partial charge in [0.1, 0.15) is 11.3 Å². The van der Waals surface area contributed by atoms with Crippen molar-refractivity contribution >= 4 is 45.7 Å². The van der Waals surface area contributed by atoms with Crippen molar-refractivity contribution < 1.29 is 14.7 Å². The smallest absolute Gasteiger partial charge is 0.256 e. The van der Waals surface area contributed by atoms with E-state index in [0.717, 1.165) is 10.9 Å². The van der Waals surface area contributed by atoms with Gasteiger partial charge in [-0.15, -0.1) is 0 Å². The molecular formula is C21H18N4O3. The third kappa shape index (κ3) is 3.08. The number of aromatic nitrogens is 1. The van der Waals surface area contributed by atoms with Gasteiger partial charge in [0.05, 0.1) is 6.04 Å². The van der Waals surface area contributed by atoms with Gasteiger partial charge in [-0.05, 0) is 48.9 Å². The molecule has 1 aliphatic rings. The summed E-state index contributed by atoms with van der Waals surface area (Å²) in [6.45, 7) is 1.60. The number of nitrogens with zero attached hydrogens (tertiary/aromatic N) is 1. The Balaban J connectivity index is 1.80. The van der Waals surface area contributed by atoms with E-state index in [1.165, 1.54) is 0 Å². The first kappa shape index (κ1) is 17.7. The standard InChI is InChI=1S/C21H18N4O3/c1-11(22)20(27)24-13-5-6-17-15(10-13)16(21(28)25-17)9-12-4-7-18(26)19-14(12)3-2-8-23-19/h2-11,26H,22H2,1H3,(H,24,27)(H,25,28)/t11-/m0/s1. The second-order valence-electron chi connectivity index (χ2n) is 6.62. The van der Waals surface area contributed by atoms with Crippen molar-refractivity contribution in [3.05, 3.63) is 59.8 Å². The first-order valence-corrected chi connectivity index (χ1v) is 8.74. The lowest BCUT2D eigenvalue weighted by atomic mass is 10.0. The molecule has 0 saturated heterocycles. The van der Waals surface area contributed by atoms with Crippen molar-refractivity contribution in [2.24, 2.45) is 5.73 Å². The average Bonchev–Trinajstić information content (AvgIpc) is 2.99. The molecule has 0 radical (unpaired) electrons. The van der Waals surface area contributed by atoms with Crippen molar-refractivity contribution in [3.8, 4) is 5.75 Å². The predicted molar refractivity (Wildman–Crippen MR) is 109 cm³/mol. The van der Waals surface area contributed by atoms with Crippen LogP contribution in [0.15, 0.2) is 48.7 Å². The Hall–Kier alpha value is -3.71. The SMILES string of the molecule is C[C@H](N)C(=O)Nc1ccc2c(c1)C(=Cc1ccc(O)c3ncccc13)C(=O)N2. The van der Waals surface area contributed by atoms with Gasteiger partial charge in [0.15, 0.2) is 0 Å². The van der Waals surface area contributed by atoms with Crippen LogP contribution < -0.4 is 16.4 Å². The van der Waals surface area contributed by atoms with Gasteiger partial charge >= 0.3 is 0 Å². The number of phenolic OH excluding ortho intramolecular Hbond substituents is 1. The van der Waals surface area contributed by atoms with E-state index in [1.54, 1.807) is 55.6 Å². The second-order valence-corrected chi connectivity index (χ2v) is 6.62. The topological polar surface area (TPSA) is 117 Å². The normalized spacial score (nSPS) is 15.4. The number of pyridine rings is 1. The van der Waals surface area contributed by atoms with Crippen LogP contribution in [0.2, 0.25) is 0 Å². The Morgan fingerprint density at radius 2 is 2.11 bits per heavy atom. The minimum atomic E-state index is -0.640. The lowest BCUT2D eigenvalue weighted by Gasteiger charge is -2.09. The molecule has 7 heteroatoms. The number of nitrogens with one attached hydrogen (secondary N) is 2. The second kappa shape index (κ2) is 6.79. The molecule has 5 N–H and O–H groups in total. The van der Waals surface area contributed by atoms with E-state index >= 15 is 0 Å². The molecule has 140 valence electrons. The molecule has 2 aromatic carbocycles. The van der Waals surface area contributed by atoms with Gasteiger partial charge in [-0.2, -0.15) is 0 Å². The molecule has 0 fully saturated rings. The molecule has 28 heavy (non-hydrogen) atoms. The number of hydrogen-bond acceptors (Lipinski definition) is 5. The zero-order chi connectivity index (χ0) is 19.8. The third-order valence-corrected chi connectivity index (χ3v) is 4.57. The first-order valence-electron chi connectivity index (χ1n) is 8.74. The summed E-state index contributed by atoms with van der Waals surface area (Å²) in [6.07, 6.45) is 3.35. The maximum atomic E-state index is 12.5. The Morgan fingerprint density at radius 3 is 2.89 bits per heavy atom. The molecule has 0 bridgehead atoms. The fourth-order valence-corrected chi connectivity index (χ4v) is 3.13. The number of carbonyl (C=O) groups is 2.